The van der Waals surface area contributed by atoms with Crippen LogP contribution in [0, 0.1) is 11.8 Å². The molecule has 0 aliphatic carbocycles. The quantitative estimate of drug-likeness (QED) is 0.692. The average molecular weight is 239 g/mol. The molecule has 0 saturated carbocycles. The molecule has 0 aliphatic rings. The summed E-state index contributed by atoms with van der Waals surface area (Å²) in [6, 6.07) is 1.78. The van der Waals surface area contributed by atoms with E-state index in [2.05, 4.69) is 29.4 Å². The van der Waals surface area contributed by atoms with Gasteiger partial charge >= 0.3 is 0 Å². The molecular formula is C12H21N3O2. The van der Waals surface area contributed by atoms with Crippen molar-refractivity contribution < 1.29 is 9.90 Å². The third-order valence-corrected chi connectivity index (χ3v) is 2.41. The minimum Gasteiger partial charge on any atom is -0.396 e. The van der Waals surface area contributed by atoms with Crippen molar-refractivity contribution in [2.75, 3.05) is 13.2 Å². The van der Waals surface area contributed by atoms with Crippen LogP contribution in [0.2, 0.25) is 0 Å². The predicted octanol–water partition coefficient (Wildman–Crippen LogP) is 0.966. The van der Waals surface area contributed by atoms with Crippen molar-refractivity contribution in [3.63, 3.8) is 0 Å². The van der Waals surface area contributed by atoms with E-state index in [0.29, 0.717) is 18.2 Å². The van der Waals surface area contributed by atoms with Gasteiger partial charge in [-0.1, -0.05) is 20.8 Å². The number of hydrogen-bond donors (Lipinski definition) is 3. The Morgan fingerprint density at radius 2 is 2.24 bits per heavy atom. The van der Waals surface area contributed by atoms with E-state index in [-0.39, 0.29) is 18.4 Å². The first-order valence-corrected chi connectivity index (χ1v) is 5.96. The summed E-state index contributed by atoms with van der Waals surface area (Å²) in [5, 5.41) is 18.4. The summed E-state index contributed by atoms with van der Waals surface area (Å²) >= 11 is 0. The highest BCUT2D eigenvalue weighted by Crippen LogP contribution is 2.06. The van der Waals surface area contributed by atoms with Crippen LogP contribution in [-0.2, 0) is 6.42 Å². The van der Waals surface area contributed by atoms with Gasteiger partial charge in [0.25, 0.3) is 5.91 Å². The van der Waals surface area contributed by atoms with Gasteiger partial charge in [-0.15, -0.1) is 0 Å². The lowest BCUT2D eigenvalue weighted by molar-refractivity contribution is 0.0937. The summed E-state index contributed by atoms with van der Waals surface area (Å²) in [5.74, 6) is 0.394. The van der Waals surface area contributed by atoms with Gasteiger partial charge in [-0.2, -0.15) is 5.10 Å². The summed E-state index contributed by atoms with van der Waals surface area (Å²) in [6.45, 7) is 6.63. The molecule has 1 atom stereocenters. The molecule has 0 radical (unpaired) electrons. The molecule has 0 bridgehead atoms. The van der Waals surface area contributed by atoms with Gasteiger partial charge in [0.05, 0.1) is 0 Å². The van der Waals surface area contributed by atoms with E-state index in [4.69, 9.17) is 5.11 Å². The molecule has 0 saturated heterocycles. The monoisotopic (exact) mass is 239 g/mol. The third kappa shape index (κ3) is 4.56. The van der Waals surface area contributed by atoms with Gasteiger partial charge in [-0.05, 0) is 24.3 Å². The van der Waals surface area contributed by atoms with Crippen molar-refractivity contribution in [3.8, 4) is 0 Å². The SMILES string of the molecule is CC(C)Cc1cc(C(=O)NCC(C)CO)n[nH]1. The number of hydrogen-bond acceptors (Lipinski definition) is 3. The number of amides is 1. The van der Waals surface area contributed by atoms with E-state index in [0.717, 1.165) is 12.1 Å². The highest BCUT2D eigenvalue weighted by molar-refractivity contribution is 5.92. The van der Waals surface area contributed by atoms with Gasteiger partial charge in [-0.3, -0.25) is 9.89 Å². The molecule has 1 aromatic rings. The Morgan fingerprint density at radius 3 is 2.82 bits per heavy atom. The van der Waals surface area contributed by atoms with Gasteiger partial charge in [-0.25, -0.2) is 0 Å². The number of carbonyl (C=O) groups is 1. The lowest BCUT2D eigenvalue weighted by Gasteiger charge is -2.07. The first-order chi connectivity index (χ1) is 8.02. The molecule has 5 heteroatoms. The average Bonchev–Trinajstić information content (AvgIpc) is 2.72. The van der Waals surface area contributed by atoms with E-state index < -0.39 is 0 Å². The number of aromatic nitrogens is 2. The number of carbonyl (C=O) groups excluding carboxylic acids is 1. The van der Waals surface area contributed by atoms with E-state index in [1.165, 1.54) is 0 Å². The second-order valence-electron chi connectivity index (χ2n) is 4.87. The van der Waals surface area contributed by atoms with Crippen molar-refractivity contribution in [2.45, 2.75) is 27.2 Å². The van der Waals surface area contributed by atoms with Crippen molar-refractivity contribution in [3.05, 3.63) is 17.5 Å². The topological polar surface area (TPSA) is 78.0 Å². The zero-order valence-electron chi connectivity index (χ0n) is 10.7. The van der Waals surface area contributed by atoms with Crippen LogP contribution in [-0.4, -0.2) is 34.4 Å². The standard InChI is InChI=1S/C12H21N3O2/c1-8(2)4-10-5-11(15-14-10)12(17)13-6-9(3)7-16/h5,8-9,16H,4,6-7H2,1-3H3,(H,13,17)(H,14,15). The first kappa shape index (κ1) is 13.7. The maximum absolute atomic E-state index is 11.7. The van der Waals surface area contributed by atoms with Crippen LogP contribution in [0.3, 0.4) is 0 Å². The van der Waals surface area contributed by atoms with E-state index in [1.807, 2.05) is 6.92 Å². The maximum Gasteiger partial charge on any atom is 0.271 e. The number of H-pyrrole nitrogens is 1. The highest BCUT2D eigenvalue weighted by atomic mass is 16.3. The fraction of sp³-hybridized carbons (Fsp3) is 0.667. The fourth-order valence-corrected chi connectivity index (χ4v) is 1.44. The van der Waals surface area contributed by atoms with Crippen LogP contribution in [0.5, 0.6) is 0 Å². The van der Waals surface area contributed by atoms with E-state index in [1.54, 1.807) is 6.07 Å². The van der Waals surface area contributed by atoms with Gasteiger partial charge in [0.2, 0.25) is 0 Å². The Morgan fingerprint density at radius 1 is 1.53 bits per heavy atom. The van der Waals surface area contributed by atoms with Gasteiger partial charge in [0.15, 0.2) is 0 Å². The second-order valence-corrected chi connectivity index (χ2v) is 4.87. The molecule has 3 N–H and O–H groups in total. The summed E-state index contributed by atoms with van der Waals surface area (Å²) in [6.07, 6.45) is 0.882. The molecular weight excluding hydrogens is 218 g/mol. The molecule has 0 spiro atoms. The Labute approximate surface area is 102 Å². The second kappa shape index (κ2) is 6.39. The molecule has 1 heterocycles. The number of aromatic amines is 1. The third-order valence-electron chi connectivity index (χ3n) is 2.41. The molecule has 1 unspecified atom stereocenters. The Bertz CT molecular complexity index is 360. The molecule has 0 fully saturated rings. The highest BCUT2D eigenvalue weighted by Gasteiger charge is 2.11. The Hall–Kier alpha value is -1.36. The predicted molar refractivity (Wildman–Crippen MR) is 65.7 cm³/mol. The molecule has 17 heavy (non-hydrogen) atoms. The molecule has 1 amide bonds. The van der Waals surface area contributed by atoms with Gasteiger partial charge < -0.3 is 10.4 Å². The number of nitrogens with one attached hydrogen (secondary N) is 2. The summed E-state index contributed by atoms with van der Waals surface area (Å²) < 4.78 is 0. The van der Waals surface area contributed by atoms with Crippen molar-refractivity contribution in [1.29, 1.82) is 0 Å². The number of aliphatic hydroxyl groups is 1. The molecule has 0 aliphatic heterocycles. The van der Waals surface area contributed by atoms with Crippen molar-refractivity contribution in [1.82, 2.24) is 15.5 Å². The minimum absolute atomic E-state index is 0.0630. The molecule has 5 nitrogen and oxygen atoms in total. The molecule has 0 aromatic carbocycles. The summed E-state index contributed by atoms with van der Waals surface area (Å²) in [7, 11) is 0. The molecule has 96 valence electrons. The van der Waals surface area contributed by atoms with Gasteiger partial charge in [0, 0.05) is 18.8 Å². The minimum atomic E-state index is -0.198. The molecule has 1 rings (SSSR count). The Kier molecular flexibility index (Phi) is 5.15. The van der Waals surface area contributed by atoms with Crippen LogP contribution in [0.1, 0.15) is 37.0 Å². The Balaban J connectivity index is 2.49. The lowest BCUT2D eigenvalue weighted by atomic mass is 10.1. The number of nitrogens with zero attached hydrogens (tertiary/aromatic N) is 1. The van der Waals surface area contributed by atoms with Crippen molar-refractivity contribution >= 4 is 5.91 Å². The number of aliphatic hydroxyl groups excluding tert-OH is 1. The van der Waals surface area contributed by atoms with E-state index in [9.17, 15) is 4.79 Å². The molecule has 1 aromatic heterocycles. The van der Waals surface area contributed by atoms with Crippen LogP contribution in [0.15, 0.2) is 6.07 Å². The lowest BCUT2D eigenvalue weighted by Crippen LogP contribution is -2.29. The van der Waals surface area contributed by atoms with Crippen LogP contribution in [0.25, 0.3) is 0 Å². The normalized spacial score (nSPS) is 12.8. The summed E-state index contributed by atoms with van der Waals surface area (Å²) in [4.78, 5) is 11.7. The van der Waals surface area contributed by atoms with Crippen LogP contribution < -0.4 is 5.32 Å². The van der Waals surface area contributed by atoms with Gasteiger partial charge in [0.1, 0.15) is 5.69 Å². The van der Waals surface area contributed by atoms with Crippen LogP contribution >= 0.6 is 0 Å². The fourth-order valence-electron chi connectivity index (χ4n) is 1.44. The number of rotatable bonds is 6. The van der Waals surface area contributed by atoms with Crippen molar-refractivity contribution in [2.24, 2.45) is 11.8 Å². The smallest absolute Gasteiger partial charge is 0.271 e. The summed E-state index contributed by atoms with van der Waals surface area (Å²) in [5.41, 5.74) is 1.38. The maximum atomic E-state index is 11.7. The zero-order chi connectivity index (χ0) is 12.8. The largest absolute Gasteiger partial charge is 0.396 e. The van der Waals surface area contributed by atoms with Crippen LogP contribution in [0.4, 0.5) is 0 Å². The zero-order valence-corrected chi connectivity index (χ0v) is 10.7. The van der Waals surface area contributed by atoms with E-state index >= 15 is 0 Å². The first-order valence-electron chi connectivity index (χ1n) is 5.96.